The number of rotatable bonds is 6. The van der Waals surface area contributed by atoms with Crippen LogP contribution in [0.4, 0.5) is 5.95 Å². The summed E-state index contributed by atoms with van der Waals surface area (Å²) in [5.74, 6) is 1.27. The monoisotopic (exact) mass is 305 g/mol. The molecule has 2 rings (SSSR count). The SMILES string of the molecule is CCN1CCN(C(=O)c2cnc(NCCC(C)C)nc2)CC1. The number of carbonyl (C=O) groups is 1. The Kier molecular flexibility index (Phi) is 6.12. The van der Waals surface area contributed by atoms with E-state index in [0.717, 1.165) is 45.7 Å². The Morgan fingerprint density at radius 2 is 1.86 bits per heavy atom. The van der Waals surface area contributed by atoms with Crippen molar-refractivity contribution in [2.45, 2.75) is 27.2 Å². The molecule has 0 aromatic carbocycles. The van der Waals surface area contributed by atoms with E-state index in [1.54, 1.807) is 12.4 Å². The normalized spacial score (nSPS) is 16.1. The molecule has 1 aliphatic rings. The molecule has 1 amide bonds. The number of carbonyl (C=O) groups excluding carboxylic acids is 1. The van der Waals surface area contributed by atoms with Gasteiger partial charge in [0.1, 0.15) is 0 Å². The maximum atomic E-state index is 12.4. The maximum Gasteiger partial charge on any atom is 0.257 e. The molecule has 0 atom stereocenters. The van der Waals surface area contributed by atoms with Crippen molar-refractivity contribution in [3.63, 3.8) is 0 Å². The van der Waals surface area contributed by atoms with E-state index in [2.05, 4.69) is 41.0 Å². The predicted octanol–water partition coefficient (Wildman–Crippen LogP) is 1.71. The molecule has 0 spiro atoms. The number of hydrogen-bond donors (Lipinski definition) is 1. The summed E-state index contributed by atoms with van der Waals surface area (Å²) in [7, 11) is 0. The average Bonchev–Trinajstić information content (AvgIpc) is 2.54. The van der Waals surface area contributed by atoms with Gasteiger partial charge in [-0.3, -0.25) is 4.79 Å². The molecule has 1 fully saturated rings. The fourth-order valence-electron chi connectivity index (χ4n) is 2.45. The highest BCUT2D eigenvalue weighted by Gasteiger charge is 2.21. The Hall–Kier alpha value is -1.69. The minimum absolute atomic E-state index is 0.0319. The topological polar surface area (TPSA) is 61.4 Å². The Morgan fingerprint density at radius 3 is 2.41 bits per heavy atom. The summed E-state index contributed by atoms with van der Waals surface area (Å²) in [4.78, 5) is 25.1. The Bertz CT molecular complexity index is 466. The standard InChI is InChI=1S/C16H27N5O/c1-4-20-7-9-21(10-8-20)15(22)14-11-18-16(19-12-14)17-6-5-13(2)3/h11-13H,4-10H2,1-3H3,(H,17,18,19). The van der Waals surface area contributed by atoms with Gasteiger partial charge in [-0.15, -0.1) is 0 Å². The molecule has 6 nitrogen and oxygen atoms in total. The van der Waals surface area contributed by atoms with Gasteiger partial charge >= 0.3 is 0 Å². The van der Waals surface area contributed by atoms with Gasteiger partial charge in [0.15, 0.2) is 0 Å². The zero-order chi connectivity index (χ0) is 15.9. The van der Waals surface area contributed by atoms with Crippen molar-refractivity contribution in [2.75, 3.05) is 44.6 Å². The lowest BCUT2D eigenvalue weighted by Gasteiger charge is -2.33. The Balaban J connectivity index is 1.86. The van der Waals surface area contributed by atoms with Crippen LogP contribution in [-0.4, -0.2) is 64.9 Å². The number of likely N-dealkylation sites (N-methyl/N-ethyl adjacent to an activating group) is 1. The van der Waals surface area contributed by atoms with E-state index < -0.39 is 0 Å². The summed E-state index contributed by atoms with van der Waals surface area (Å²) in [6.07, 6.45) is 4.32. The van der Waals surface area contributed by atoms with E-state index in [1.807, 2.05) is 4.90 Å². The predicted molar refractivity (Wildman–Crippen MR) is 88.0 cm³/mol. The Morgan fingerprint density at radius 1 is 1.23 bits per heavy atom. The van der Waals surface area contributed by atoms with Crippen LogP contribution in [0.1, 0.15) is 37.6 Å². The summed E-state index contributed by atoms with van der Waals surface area (Å²) in [5.41, 5.74) is 0.569. The molecule has 6 heteroatoms. The second kappa shape index (κ2) is 8.08. The van der Waals surface area contributed by atoms with Crippen LogP contribution in [0.2, 0.25) is 0 Å². The third kappa shape index (κ3) is 4.66. The number of anilines is 1. The molecule has 122 valence electrons. The number of nitrogens with one attached hydrogen (secondary N) is 1. The summed E-state index contributed by atoms with van der Waals surface area (Å²) < 4.78 is 0. The van der Waals surface area contributed by atoms with Gasteiger partial charge < -0.3 is 15.1 Å². The summed E-state index contributed by atoms with van der Waals surface area (Å²) in [6.45, 7) is 11.9. The molecule has 22 heavy (non-hydrogen) atoms. The minimum atomic E-state index is 0.0319. The lowest BCUT2D eigenvalue weighted by molar-refractivity contribution is 0.0642. The van der Waals surface area contributed by atoms with Crippen molar-refractivity contribution in [1.82, 2.24) is 19.8 Å². The van der Waals surface area contributed by atoms with Crippen molar-refractivity contribution in [1.29, 1.82) is 0 Å². The second-order valence-corrected chi connectivity index (χ2v) is 6.13. The highest BCUT2D eigenvalue weighted by molar-refractivity contribution is 5.93. The largest absolute Gasteiger partial charge is 0.354 e. The molecule has 1 aliphatic heterocycles. The fourth-order valence-corrected chi connectivity index (χ4v) is 2.45. The molecule has 1 aromatic heterocycles. The van der Waals surface area contributed by atoms with Crippen molar-refractivity contribution >= 4 is 11.9 Å². The van der Waals surface area contributed by atoms with Gasteiger partial charge in [0.05, 0.1) is 5.56 Å². The van der Waals surface area contributed by atoms with Crippen molar-refractivity contribution in [2.24, 2.45) is 5.92 Å². The average molecular weight is 305 g/mol. The fraction of sp³-hybridized carbons (Fsp3) is 0.688. The summed E-state index contributed by atoms with van der Waals surface area (Å²) >= 11 is 0. The first-order valence-electron chi connectivity index (χ1n) is 8.17. The van der Waals surface area contributed by atoms with Gasteiger partial charge in [0.2, 0.25) is 5.95 Å². The third-order valence-electron chi connectivity index (χ3n) is 4.01. The van der Waals surface area contributed by atoms with Crippen LogP contribution in [0.15, 0.2) is 12.4 Å². The van der Waals surface area contributed by atoms with E-state index in [9.17, 15) is 4.79 Å². The van der Waals surface area contributed by atoms with Gasteiger partial charge in [0, 0.05) is 45.1 Å². The van der Waals surface area contributed by atoms with Crippen molar-refractivity contribution in [3.05, 3.63) is 18.0 Å². The van der Waals surface area contributed by atoms with Crippen LogP contribution < -0.4 is 5.32 Å². The van der Waals surface area contributed by atoms with Crippen LogP contribution in [0.5, 0.6) is 0 Å². The number of amides is 1. The van der Waals surface area contributed by atoms with Gasteiger partial charge in [0.25, 0.3) is 5.91 Å². The lowest BCUT2D eigenvalue weighted by Crippen LogP contribution is -2.48. The molecular formula is C16H27N5O. The first-order valence-corrected chi connectivity index (χ1v) is 8.17. The van der Waals surface area contributed by atoms with E-state index in [1.165, 1.54) is 0 Å². The van der Waals surface area contributed by atoms with Gasteiger partial charge in [-0.1, -0.05) is 20.8 Å². The molecule has 1 aromatic rings. The quantitative estimate of drug-likeness (QED) is 0.867. The summed E-state index contributed by atoms with van der Waals surface area (Å²) in [6, 6.07) is 0. The lowest BCUT2D eigenvalue weighted by atomic mass is 10.1. The first kappa shape index (κ1) is 16.7. The molecular weight excluding hydrogens is 278 g/mol. The van der Waals surface area contributed by atoms with E-state index in [4.69, 9.17) is 0 Å². The molecule has 1 saturated heterocycles. The number of piperazine rings is 1. The Labute approximate surface area is 132 Å². The molecule has 0 bridgehead atoms. The van der Waals surface area contributed by atoms with Crippen LogP contribution in [0.25, 0.3) is 0 Å². The van der Waals surface area contributed by atoms with Gasteiger partial charge in [-0.25, -0.2) is 9.97 Å². The molecule has 0 radical (unpaired) electrons. The van der Waals surface area contributed by atoms with Crippen molar-refractivity contribution in [3.8, 4) is 0 Å². The van der Waals surface area contributed by atoms with E-state index >= 15 is 0 Å². The molecule has 2 heterocycles. The molecule has 0 unspecified atom stereocenters. The zero-order valence-corrected chi connectivity index (χ0v) is 13.9. The number of nitrogens with zero attached hydrogens (tertiary/aromatic N) is 4. The van der Waals surface area contributed by atoms with E-state index in [-0.39, 0.29) is 5.91 Å². The molecule has 0 aliphatic carbocycles. The highest BCUT2D eigenvalue weighted by atomic mass is 16.2. The summed E-state index contributed by atoms with van der Waals surface area (Å²) in [5, 5.41) is 3.18. The highest BCUT2D eigenvalue weighted by Crippen LogP contribution is 2.09. The minimum Gasteiger partial charge on any atom is -0.354 e. The maximum absolute atomic E-state index is 12.4. The van der Waals surface area contributed by atoms with Crippen LogP contribution in [0, 0.1) is 5.92 Å². The molecule has 1 N–H and O–H groups in total. The smallest absolute Gasteiger partial charge is 0.257 e. The van der Waals surface area contributed by atoms with Crippen molar-refractivity contribution < 1.29 is 4.79 Å². The van der Waals surface area contributed by atoms with Crippen LogP contribution >= 0.6 is 0 Å². The second-order valence-electron chi connectivity index (χ2n) is 6.13. The zero-order valence-electron chi connectivity index (χ0n) is 13.9. The first-order chi connectivity index (χ1) is 10.6. The van der Waals surface area contributed by atoms with Gasteiger partial charge in [-0.05, 0) is 18.9 Å². The number of aromatic nitrogens is 2. The molecule has 0 saturated carbocycles. The van der Waals surface area contributed by atoms with Crippen LogP contribution in [0.3, 0.4) is 0 Å². The van der Waals surface area contributed by atoms with Crippen LogP contribution in [-0.2, 0) is 0 Å². The van der Waals surface area contributed by atoms with E-state index in [0.29, 0.717) is 17.4 Å². The van der Waals surface area contributed by atoms with Gasteiger partial charge in [-0.2, -0.15) is 0 Å². The number of hydrogen-bond acceptors (Lipinski definition) is 5. The third-order valence-corrected chi connectivity index (χ3v) is 4.01.